The van der Waals surface area contributed by atoms with E-state index >= 15 is 0 Å². The molecule has 0 saturated carbocycles. The first-order chi connectivity index (χ1) is 14.8. The van der Waals surface area contributed by atoms with Gasteiger partial charge in [-0.05, 0) is 43.6 Å². The molecule has 3 aromatic rings. The molecule has 4 rings (SSSR count). The van der Waals surface area contributed by atoms with Crippen LogP contribution >= 0.6 is 0 Å². The smallest absolute Gasteiger partial charge is 0.191 e. The Kier molecular flexibility index (Phi) is 6.72. The summed E-state index contributed by atoms with van der Waals surface area (Å²) in [6.45, 7) is 3.63. The summed E-state index contributed by atoms with van der Waals surface area (Å²) in [5.74, 6) is 1.60. The average Bonchev–Trinajstić information content (AvgIpc) is 3.50. The van der Waals surface area contributed by atoms with Crippen molar-refractivity contribution in [2.24, 2.45) is 4.99 Å². The van der Waals surface area contributed by atoms with Crippen molar-refractivity contribution in [1.29, 1.82) is 0 Å². The van der Waals surface area contributed by atoms with Gasteiger partial charge in [0.15, 0.2) is 11.8 Å². The first-order valence-electron chi connectivity index (χ1n) is 10.5. The number of hydrogen-bond acceptors (Lipinski definition) is 4. The molecule has 1 aliphatic heterocycles. The highest BCUT2D eigenvalue weighted by Gasteiger charge is 2.23. The highest BCUT2D eigenvalue weighted by Crippen LogP contribution is 2.24. The van der Waals surface area contributed by atoms with Crippen LogP contribution in [-0.2, 0) is 6.54 Å². The number of para-hydroxylation sites is 1. The maximum Gasteiger partial charge on any atom is 0.191 e. The van der Waals surface area contributed by atoms with Crippen LogP contribution in [-0.4, -0.2) is 52.3 Å². The van der Waals surface area contributed by atoms with Crippen LogP contribution < -0.4 is 10.6 Å². The SMILES string of the molecule is CN=C(NCc1nncn1-c1ccccc1)NCC(c1ccccc1)N1CCCC1. The first-order valence-corrected chi connectivity index (χ1v) is 10.5. The van der Waals surface area contributed by atoms with Gasteiger partial charge in [-0.3, -0.25) is 14.5 Å². The molecule has 1 fully saturated rings. The van der Waals surface area contributed by atoms with Gasteiger partial charge < -0.3 is 10.6 Å². The Labute approximate surface area is 177 Å². The second-order valence-corrected chi connectivity index (χ2v) is 7.43. The van der Waals surface area contributed by atoms with Crippen LogP contribution in [0.2, 0.25) is 0 Å². The molecule has 156 valence electrons. The van der Waals surface area contributed by atoms with Crippen LogP contribution in [0.5, 0.6) is 0 Å². The second-order valence-electron chi connectivity index (χ2n) is 7.43. The Morgan fingerprint density at radius 3 is 2.40 bits per heavy atom. The summed E-state index contributed by atoms with van der Waals surface area (Å²) in [6, 6.07) is 21.2. The zero-order valence-electron chi connectivity index (χ0n) is 17.4. The Bertz CT molecular complexity index is 930. The van der Waals surface area contributed by atoms with E-state index in [-0.39, 0.29) is 0 Å². The standard InChI is InChI=1S/C23H29N7/c1-24-23(26-17-22-28-27-18-30(22)20-12-6-3-7-13-20)25-16-21(29-14-8-9-15-29)19-10-4-2-5-11-19/h2-7,10-13,18,21H,8-9,14-17H2,1H3,(H2,24,25,26). The minimum absolute atomic E-state index is 0.334. The van der Waals surface area contributed by atoms with Gasteiger partial charge in [0, 0.05) is 19.3 Å². The largest absolute Gasteiger partial charge is 0.354 e. The summed E-state index contributed by atoms with van der Waals surface area (Å²) in [5.41, 5.74) is 2.38. The second kappa shape index (κ2) is 10.0. The predicted molar refractivity (Wildman–Crippen MR) is 120 cm³/mol. The van der Waals surface area contributed by atoms with Crippen molar-refractivity contribution in [2.45, 2.75) is 25.4 Å². The maximum absolute atomic E-state index is 4.40. The third kappa shape index (κ3) is 4.86. The lowest BCUT2D eigenvalue weighted by Gasteiger charge is -2.29. The zero-order valence-corrected chi connectivity index (χ0v) is 17.4. The molecule has 2 N–H and O–H groups in total. The van der Waals surface area contributed by atoms with E-state index in [4.69, 9.17) is 0 Å². The number of likely N-dealkylation sites (tertiary alicyclic amines) is 1. The van der Waals surface area contributed by atoms with E-state index in [0.717, 1.165) is 37.1 Å². The highest BCUT2D eigenvalue weighted by molar-refractivity contribution is 5.79. The Balaban J connectivity index is 1.39. The van der Waals surface area contributed by atoms with Gasteiger partial charge in [0.2, 0.25) is 0 Å². The molecule has 7 nitrogen and oxygen atoms in total. The van der Waals surface area contributed by atoms with Crippen molar-refractivity contribution in [3.05, 3.63) is 78.4 Å². The number of guanidine groups is 1. The zero-order chi connectivity index (χ0) is 20.6. The van der Waals surface area contributed by atoms with E-state index in [0.29, 0.717) is 12.6 Å². The molecule has 0 radical (unpaired) electrons. The van der Waals surface area contributed by atoms with Crippen molar-refractivity contribution >= 4 is 5.96 Å². The molecule has 1 unspecified atom stereocenters. The van der Waals surface area contributed by atoms with Crippen molar-refractivity contribution in [2.75, 3.05) is 26.7 Å². The Morgan fingerprint density at radius 2 is 1.70 bits per heavy atom. The lowest BCUT2D eigenvalue weighted by atomic mass is 10.1. The molecule has 30 heavy (non-hydrogen) atoms. The fourth-order valence-corrected chi connectivity index (χ4v) is 3.95. The van der Waals surface area contributed by atoms with Gasteiger partial charge in [0.05, 0.1) is 12.6 Å². The van der Waals surface area contributed by atoms with E-state index in [1.54, 1.807) is 13.4 Å². The van der Waals surface area contributed by atoms with Crippen LogP contribution in [0.4, 0.5) is 0 Å². The van der Waals surface area contributed by atoms with E-state index < -0.39 is 0 Å². The predicted octanol–water partition coefficient (Wildman–Crippen LogP) is 2.77. The highest BCUT2D eigenvalue weighted by atomic mass is 15.3. The van der Waals surface area contributed by atoms with Gasteiger partial charge >= 0.3 is 0 Å². The van der Waals surface area contributed by atoms with Crippen molar-refractivity contribution in [1.82, 2.24) is 30.3 Å². The molecular formula is C23H29N7. The number of nitrogens with zero attached hydrogens (tertiary/aromatic N) is 5. The van der Waals surface area contributed by atoms with Gasteiger partial charge in [0.25, 0.3) is 0 Å². The molecule has 1 saturated heterocycles. The third-order valence-electron chi connectivity index (χ3n) is 5.52. The molecular weight excluding hydrogens is 374 g/mol. The number of hydrogen-bond donors (Lipinski definition) is 2. The Morgan fingerprint density at radius 1 is 1.00 bits per heavy atom. The Hall–Kier alpha value is -3.19. The summed E-state index contributed by atoms with van der Waals surface area (Å²) in [5, 5.41) is 15.2. The van der Waals surface area contributed by atoms with E-state index in [1.807, 2.05) is 34.9 Å². The topological polar surface area (TPSA) is 70.4 Å². The molecule has 7 heteroatoms. The van der Waals surface area contributed by atoms with Gasteiger partial charge in [-0.2, -0.15) is 0 Å². The van der Waals surface area contributed by atoms with Crippen LogP contribution in [0.15, 0.2) is 72.0 Å². The normalized spacial score (nSPS) is 15.8. The summed E-state index contributed by atoms with van der Waals surface area (Å²) >= 11 is 0. The molecule has 2 aromatic carbocycles. The summed E-state index contributed by atoms with van der Waals surface area (Å²) in [6.07, 6.45) is 4.28. The van der Waals surface area contributed by atoms with Gasteiger partial charge in [-0.25, -0.2) is 0 Å². The summed E-state index contributed by atoms with van der Waals surface area (Å²) in [7, 11) is 1.80. The third-order valence-corrected chi connectivity index (χ3v) is 5.52. The summed E-state index contributed by atoms with van der Waals surface area (Å²) < 4.78 is 1.98. The number of nitrogens with one attached hydrogen (secondary N) is 2. The molecule has 1 aromatic heterocycles. The lowest BCUT2D eigenvalue weighted by Crippen LogP contribution is -2.42. The molecule has 1 atom stereocenters. The quantitative estimate of drug-likeness (QED) is 0.469. The van der Waals surface area contributed by atoms with Crippen LogP contribution in [0, 0.1) is 0 Å². The molecule has 0 bridgehead atoms. The van der Waals surface area contributed by atoms with E-state index in [2.05, 4.69) is 61.1 Å². The molecule has 0 aliphatic carbocycles. The number of benzene rings is 2. The first kappa shape index (κ1) is 20.1. The minimum Gasteiger partial charge on any atom is -0.354 e. The van der Waals surface area contributed by atoms with Crippen LogP contribution in [0.25, 0.3) is 5.69 Å². The van der Waals surface area contributed by atoms with Crippen molar-refractivity contribution in [3.8, 4) is 5.69 Å². The van der Waals surface area contributed by atoms with Crippen LogP contribution in [0.1, 0.15) is 30.3 Å². The number of aliphatic imine (C=N–C) groups is 1. The van der Waals surface area contributed by atoms with Gasteiger partial charge in [-0.15, -0.1) is 10.2 Å². The van der Waals surface area contributed by atoms with Gasteiger partial charge in [0.1, 0.15) is 6.33 Å². The minimum atomic E-state index is 0.334. The van der Waals surface area contributed by atoms with Crippen LogP contribution in [0.3, 0.4) is 0 Å². The van der Waals surface area contributed by atoms with Gasteiger partial charge in [-0.1, -0.05) is 48.5 Å². The monoisotopic (exact) mass is 403 g/mol. The maximum atomic E-state index is 4.40. The average molecular weight is 404 g/mol. The lowest BCUT2D eigenvalue weighted by molar-refractivity contribution is 0.245. The molecule has 2 heterocycles. The van der Waals surface area contributed by atoms with Crippen molar-refractivity contribution < 1.29 is 0 Å². The number of rotatable bonds is 7. The number of aromatic nitrogens is 3. The fraction of sp³-hybridized carbons (Fsp3) is 0.348. The van der Waals surface area contributed by atoms with Crippen molar-refractivity contribution in [3.63, 3.8) is 0 Å². The fourth-order valence-electron chi connectivity index (χ4n) is 3.95. The van der Waals surface area contributed by atoms with E-state index in [1.165, 1.54) is 18.4 Å². The molecule has 0 amide bonds. The van der Waals surface area contributed by atoms with E-state index in [9.17, 15) is 0 Å². The molecule has 1 aliphatic rings. The summed E-state index contributed by atoms with van der Waals surface area (Å²) in [4.78, 5) is 6.96. The molecule has 0 spiro atoms.